The van der Waals surface area contributed by atoms with Crippen molar-refractivity contribution in [3.05, 3.63) is 0 Å². The fourth-order valence-electron chi connectivity index (χ4n) is 1.59. The van der Waals surface area contributed by atoms with Gasteiger partial charge in [0.2, 0.25) is 0 Å². The van der Waals surface area contributed by atoms with E-state index in [0.717, 1.165) is 91.4 Å². The van der Waals surface area contributed by atoms with Gasteiger partial charge in [-0.15, -0.1) is 0 Å². The lowest BCUT2D eigenvalue weighted by Crippen LogP contribution is -2.28. The van der Waals surface area contributed by atoms with Crippen LogP contribution in [-0.2, 0) is 0 Å². The van der Waals surface area contributed by atoms with E-state index in [1.165, 1.54) is 0 Å². The van der Waals surface area contributed by atoms with Gasteiger partial charge in [0, 0.05) is 52.4 Å². The second-order valence-corrected chi connectivity index (χ2v) is 4.86. The van der Waals surface area contributed by atoms with Crippen molar-refractivity contribution >= 4 is 0 Å². The topological polar surface area (TPSA) is 152 Å². The monoisotopic (exact) mass is 320 g/mol. The van der Waals surface area contributed by atoms with E-state index in [2.05, 4.69) is 21.3 Å². The first-order valence-corrected chi connectivity index (χ1v) is 8.46. The Balaban J connectivity index is 0. The van der Waals surface area contributed by atoms with Crippen LogP contribution in [0.5, 0.6) is 0 Å². The Labute approximate surface area is 136 Å². The minimum Gasteiger partial charge on any atom is -0.329 e. The maximum atomic E-state index is 5.30. The Morgan fingerprint density at radius 2 is 0.591 bits per heavy atom. The summed E-state index contributed by atoms with van der Waals surface area (Å²) in [4.78, 5) is 0. The Morgan fingerprint density at radius 1 is 0.364 bits per heavy atom. The molecule has 0 fully saturated rings. The molecule has 0 unspecified atom stereocenters. The summed E-state index contributed by atoms with van der Waals surface area (Å²) in [6.07, 6.45) is 2.28. The first-order valence-electron chi connectivity index (χ1n) is 8.46. The third-order valence-electron chi connectivity index (χ3n) is 2.70. The standard InChI is InChI=1S/2C7H20N4/c2*8-2-6-10-4-1-5-11-7-3-9/h2*10-11H,1-9H2. The van der Waals surface area contributed by atoms with Gasteiger partial charge in [-0.3, -0.25) is 0 Å². The number of rotatable bonds is 16. The number of nitrogens with two attached hydrogens (primary N) is 4. The van der Waals surface area contributed by atoms with E-state index in [-0.39, 0.29) is 0 Å². The molecule has 12 N–H and O–H groups in total. The zero-order valence-electron chi connectivity index (χ0n) is 14.2. The van der Waals surface area contributed by atoms with E-state index in [9.17, 15) is 0 Å². The highest BCUT2D eigenvalue weighted by Gasteiger charge is 1.86. The van der Waals surface area contributed by atoms with Crippen molar-refractivity contribution < 1.29 is 0 Å². The minimum atomic E-state index is 0.718. The van der Waals surface area contributed by atoms with Crippen LogP contribution in [0.2, 0.25) is 0 Å². The van der Waals surface area contributed by atoms with Gasteiger partial charge in [0.25, 0.3) is 0 Å². The van der Waals surface area contributed by atoms with Gasteiger partial charge in [-0.05, 0) is 39.0 Å². The molecule has 0 aliphatic carbocycles. The van der Waals surface area contributed by atoms with Gasteiger partial charge in [0.05, 0.1) is 0 Å². The second kappa shape index (κ2) is 25.6. The van der Waals surface area contributed by atoms with E-state index in [4.69, 9.17) is 22.9 Å². The van der Waals surface area contributed by atoms with E-state index in [1.807, 2.05) is 0 Å². The molecule has 0 aromatic heterocycles. The van der Waals surface area contributed by atoms with Gasteiger partial charge >= 0.3 is 0 Å². The predicted molar refractivity (Wildman–Crippen MR) is 96.9 cm³/mol. The smallest absolute Gasteiger partial charge is 0.00745 e. The molecule has 0 amide bonds. The van der Waals surface area contributed by atoms with E-state index >= 15 is 0 Å². The summed E-state index contributed by atoms with van der Waals surface area (Å²) in [5.41, 5.74) is 21.2. The van der Waals surface area contributed by atoms with Gasteiger partial charge in [-0.25, -0.2) is 0 Å². The summed E-state index contributed by atoms with van der Waals surface area (Å²) < 4.78 is 0. The lowest BCUT2D eigenvalue weighted by atomic mass is 10.4. The Morgan fingerprint density at radius 3 is 0.773 bits per heavy atom. The van der Waals surface area contributed by atoms with Crippen molar-refractivity contribution in [1.29, 1.82) is 0 Å². The normalized spacial score (nSPS) is 10.4. The van der Waals surface area contributed by atoms with Crippen LogP contribution in [0.4, 0.5) is 0 Å². The maximum absolute atomic E-state index is 5.30. The molecule has 8 nitrogen and oxygen atoms in total. The first kappa shape index (κ1) is 23.9. The highest BCUT2D eigenvalue weighted by atomic mass is 14.9. The quantitative estimate of drug-likeness (QED) is 0.140. The summed E-state index contributed by atoms with van der Waals surface area (Å²) in [6.45, 7) is 10.7. The molecule has 0 bridgehead atoms. The van der Waals surface area contributed by atoms with E-state index < -0.39 is 0 Å². The van der Waals surface area contributed by atoms with Crippen molar-refractivity contribution in [3.63, 3.8) is 0 Å². The maximum Gasteiger partial charge on any atom is 0.00745 e. The lowest BCUT2D eigenvalue weighted by molar-refractivity contribution is 0.602. The Hall–Kier alpha value is -0.320. The number of hydrogen-bond donors (Lipinski definition) is 8. The van der Waals surface area contributed by atoms with Crippen molar-refractivity contribution in [1.82, 2.24) is 21.3 Å². The largest absolute Gasteiger partial charge is 0.329 e. The zero-order valence-corrected chi connectivity index (χ0v) is 14.2. The van der Waals surface area contributed by atoms with Gasteiger partial charge in [0.15, 0.2) is 0 Å². The molecule has 0 atom stereocenters. The molecule has 0 rings (SSSR count). The average Bonchev–Trinajstić information content (AvgIpc) is 2.54. The van der Waals surface area contributed by atoms with Gasteiger partial charge in [0.1, 0.15) is 0 Å². The van der Waals surface area contributed by atoms with Crippen molar-refractivity contribution in [2.45, 2.75) is 12.8 Å². The molecule has 0 heterocycles. The van der Waals surface area contributed by atoms with Crippen LogP contribution < -0.4 is 44.2 Å². The summed E-state index contributed by atoms with van der Waals surface area (Å²) in [5.74, 6) is 0. The molecule has 0 aliphatic heterocycles. The van der Waals surface area contributed by atoms with Crippen molar-refractivity contribution in [3.8, 4) is 0 Å². The predicted octanol–water partition coefficient (Wildman–Crippen LogP) is -3.05. The lowest BCUT2D eigenvalue weighted by Gasteiger charge is -2.03. The van der Waals surface area contributed by atoms with Crippen LogP contribution in [0.15, 0.2) is 0 Å². The Bertz CT molecular complexity index is 137. The highest BCUT2D eigenvalue weighted by Crippen LogP contribution is 1.71. The minimum absolute atomic E-state index is 0.718. The van der Waals surface area contributed by atoms with Crippen LogP contribution in [0.3, 0.4) is 0 Å². The summed E-state index contributed by atoms with van der Waals surface area (Å²) in [6, 6.07) is 0. The molecule has 136 valence electrons. The SMILES string of the molecule is NCCNCCCNCCN.NCCNCCCNCCN. The first-order chi connectivity index (χ1) is 10.8. The summed E-state index contributed by atoms with van der Waals surface area (Å²) in [5, 5.41) is 12.9. The molecule has 0 spiro atoms. The molecule has 0 aromatic carbocycles. The van der Waals surface area contributed by atoms with Crippen molar-refractivity contribution in [2.75, 3.05) is 78.5 Å². The number of hydrogen-bond acceptors (Lipinski definition) is 8. The third kappa shape index (κ3) is 27.9. The molecule has 0 aliphatic rings. The third-order valence-corrected chi connectivity index (χ3v) is 2.70. The molecule has 0 aromatic rings. The molecule has 0 saturated heterocycles. The number of nitrogens with one attached hydrogen (secondary N) is 4. The fraction of sp³-hybridized carbons (Fsp3) is 1.00. The van der Waals surface area contributed by atoms with Gasteiger partial charge in [-0.2, -0.15) is 0 Å². The molecular formula is C14H40N8. The van der Waals surface area contributed by atoms with Crippen LogP contribution >= 0.6 is 0 Å². The molecule has 8 heteroatoms. The fourth-order valence-corrected chi connectivity index (χ4v) is 1.59. The highest BCUT2D eigenvalue weighted by molar-refractivity contribution is 4.52. The van der Waals surface area contributed by atoms with Gasteiger partial charge < -0.3 is 44.2 Å². The molecule has 0 saturated carbocycles. The van der Waals surface area contributed by atoms with Gasteiger partial charge in [-0.1, -0.05) is 0 Å². The molecule has 0 radical (unpaired) electrons. The van der Waals surface area contributed by atoms with Crippen LogP contribution in [-0.4, -0.2) is 78.5 Å². The molecular weight excluding hydrogens is 280 g/mol. The molecule has 22 heavy (non-hydrogen) atoms. The van der Waals surface area contributed by atoms with E-state index in [1.54, 1.807) is 0 Å². The summed E-state index contributed by atoms with van der Waals surface area (Å²) in [7, 11) is 0. The van der Waals surface area contributed by atoms with Crippen LogP contribution in [0, 0.1) is 0 Å². The Kier molecular flexibility index (Phi) is 27.9. The van der Waals surface area contributed by atoms with Crippen LogP contribution in [0.25, 0.3) is 0 Å². The second-order valence-electron chi connectivity index (χ2n) is 4.86. The van der Waals surface area contributed by atoms with E-state index in [0.29, 0.717) is 0 Å². The summed E-state index contributed by atoms with van der Waals surface area (Å²) >= 11 is 0. The van der Waals surface area contributed by atoms with Crippen LogP contribution in [0.1, 0.15) is 12.8 Å². The zero-order chi connectivity index (χ0) is 16.7. The van der Waals surface area contributed by atoms with Crippen molar-refractivity contribution in [2.24, 2.45) is 22.9 Å². The average molecular weight is 321 g/mol.